The van der Waals surface area contributed by atoms with Crippen LogP contribution in [0.4, 0.5) is 4.39 Å². The number of hydrogen-bond donors (Lipinski definition) is 1. The maximum absolute atomic E-state index is 15.0. The van der Waals surface area contributed by atoms with E-state index in [9.17, 15) is 18.9 Å². The van der Waals surface area contributed by atoms with E-state index in [1.807, 2.05) is 0 Å². The minimum atomic E-state index is -0.812. The highest BCUT2D eigenvalue weighted by molar-refractivity contribution is 6.31. The Morgan fingerprint density at radius 2 is 1.91 bits per heavy atom. The molecule has 0 saturated carbocycles. The highest BCUT2D eigenvalue weighted by Gasteiger charge is 2.25. The molecule has 0 bridgehead atoms. The van der Waals surface area contributed by atoms with Gasteiger partial charge < -0.3 is 14.6 Å². The highest BCUT2D eigenvalue weighted by Crippen LogP contribution is 2.38. The lowest BCUT2D eigenvalue weighted by molar-refractivity contribution is 0.0933. The fraction of sp³-hybridized carbons (Fsp3) is 0.280. The van der Waals surface area contributed by atoms with Crippen molar-refractivity contribution < 1.29 is 13.9 Å². The number of carbonyl (C=O) groups is 1. The molecular weight excluding hydrogens is 461 g/mol. The van der Waals surface area contributed by atoms with Crippen LogP contribution in [0.5, 0.6) is 0 Å². The van der Waals surface area contributed by atoms with Crippen molar-refractivity contribution in [3.05, 3.63) is 109 Å². The second kappa shape index (κ2) is 11.7. The maximum Gasteiger partial charge on any atom is 0.254 e. The summed E-state index contributed by atoms with van der Waals surface area (Å²) in [5.74, 6) is -1.73. The number of halogens is 2. The van der Waals surface area contributed by atoms with Gasteiger partial charge in [0, 0.05) is 43.9 Å². The maximum atomic E-state index is 15.0. The van der Waals surface area contributed by atoms with Crippen LogP contribution in [0.2, 0.25) is 5.02 Å². The number of carbonyl (C=O) groups excluding carboxylic acids is 1. The van der Waals surface area contributed by atoms with E-state index in [1.54, 1.807) is 49.6 Å². The first-order valence-corrected chi connectivity index (χ1v) is 11.0. The molecule has 178 valence electrons. The molecule has 7 nitrogen and oxygen atoms in total. The zero-order valence-corrected chi connectivity index (χ0v) is 19.6. The molecule has 3 aromatic rings. The van der Waals surface area contributed by atoms with Crippen LogP contribution in [0.25, 0.3) is 0 Å². The van der Waals surface area contributed by atoms with Gasteiger partial charge in [0.15, 0.2) is 0 Å². The topological polar surface area (TPSA) is 89.8 Å². The van der Waals surface area contributed by atoms with E-state index < -0.39 is 23.7 Å². The van der Waals surface area contributed by atoms with Gasteiger partial charge in [-0.3, -0.25) is 9.59 Å². The average molecular weight is 486 g/mol. The van der Waals surface area contributed by atoms with Crippen LogP contribution < -0.4 is 10.9 Å². The minimum Gasteiger partial charge on any atom is -0.383 e. The van der Waals surface area contributed by atoms with Crippen LogP contribution in [0.3, 0.4) is 0 Å². The molecular formula is C25H25ClFN3O4. The van der Waals surface area contributed by atoms with Crippen molar-refractivity contribution >= 4 is 17.5 Å². The summed E-state index contributed by atoms with van der Waals surface area (Å²) in [6.07, 6.45) is 1.75. The number of nitroso groups, excluding NO2 is 1. The smallest absolute Gasteiger partial charge is 0.254 e. The quantitative estimate of drug-likeness (QED) is 0.336. The SMILES string of the molecule is COCCNC(=O)c1ccc(C(CC(N=O)c2ccc(=O)n(C)c2)c2ccccc2Cl)cc1F. The van der Waals surface area contributed by atoms with Crippen LogP contribution in [-0.4, -0.2) is 30.7 Å². The zero-order valence-electron chi connectivity index (χ0n) is 18.8. The number of hydrogen-bond acceptors (Lipinski definition) is 5. The van der Waals surface area contributed by atoms with Crippen molar-refractivity contribution in [2.45, 2.75) is 18.4 Å². The van der Waals surface area contributed by atoms with Crippen molar-refractivity contribution in [2.24, 2.45) is 12.2 Å². The molecule has 1 amide bonds. The molecule has 0 fully saturated rings. The molecule has 1 aromatic heterocycles. The summed E-state index contributed by atoms with van der Waals surface area (Å²) in [4.78, 5) is 35.9. The van der Waals surface area contributed by atoms with Gasteiger partial charge in [-0.2, -0.15) is 4.91 Å². The molecule has 0 aliphatic heterocycles. The van der Waals surface area contributed by atoms with Gasteiger partial charge >= 0.3 is 0 Å². The van der Waals surface area contributed by atoms with Crippen molar-refractivity contribution in [1.82, 2.24) is 9.88 Å². The molecule has 2 aromatic carbocycles. The van der Waals surface area contributed by atoms with Crippen LogP contribution >= 0.6 is 11.6 Å². The monoisotopic (exact) mass is 485 g/mol. The fourth-order valence-electron chi connectivity index (χ4n) is 3.77. The van der Waals surface area contributed by atoms with Crippen LogP contribution in [0.15, 0.2) is 70.8 Å². The standard InChI is InChI=1S/C25H25ClFN3O4/c1-30-15-17(8-10-24(30)31)23(29-33)14-20(18-5-3-4-6-21(18)26)16-7-9-19(22(27)13-16)25(32)28-11-12-34-2/h3-10,13,15,20,23H,11-12,14H2,1-2H3,(H,28,32). The summed E-state index contributed by atoms with van der Waals surface area (Å²) in [5.41, 5.74) is 1.49. The summed E-state index contributed by atoms with van der Waals surface area (Å²) in [7, 11) is 3.10. The third-order valence-electron chi connectivity index (χ3n) is 5.59. The number of pyridine rings is 1. The number of amides is 1. The van der Waals surface area contributed by atoms with E-state index in [-0.39, 0.29) is 24.1 Å². The van der Waals surface area contributed by atoms with Crippen molar-refractivity contribution in [3.63, 3.8) is 0 Å². The molecule has 0 radical (unpaired) electrons. The fourth-order valence-corrected chi connectivity index (χ4v) is 4.04. The molecule has 2 unspecified atom stereocenters. The molecule has 0 spiro atoms. The Morgan fingerprint density at radius 3 is 2.56 bits per heavy atom. The van der Waals surface area contributed by atoms with Gasteiger partial charge in [0.05, 0.1) is 12.2 Å². The van der Waals surface area contributed by atoms with E-state index in [2.05, 4.69) is 10.5 Å². The second-order valence-electron chi connectivity index (χ2n) is 7.83. The van der Waals surface area contributed by atoms with Gasteiger partial charge in [-0.1, -0.05) is 41.0 Å². The Balaban J connectivity index is 1.98. The third-order valence-corrected chi connectivity index (χ3v) is 5.94. The van der Waals surface area contributed by atoms with Gasteiger partial charge in [-0.05, 0) is 47.4 Å². The lowest BCUT2D eigenvalue weighted by Crippen LogP contribution is -2.27. The van der Waals surface area contributed by atoms with Gasteiger partial charge in [-0.25, -0.2) is 4.39 Å². The Bertz CT molecular complexity index is 1230. The van der Waals surface area contributed by atoms with E-state index >= 15 is 0 Å². The molecule has 0 aliphatic rings. The molecule has 1 N–H and O–H groups in total. The number of ether oxygens (including phenoxy) is 1. The highest BCUT2D eigenvalue weighted by atomic mass is 35.5. The third kappa shape index (κ3) is 5.95. The molecule has 0 aliphatic carbocycles. The first-order valence-electron chi connectivity index (χ1n) is 10.7. The number of rotatable bonds is 10. The number of methoxy groups -OCH3 is 1. The Hall–Kier alpha value is -3.36. The molecule has 3 rings (SSSR count). The molecule has 2 atom stereocenters. The van der Waals surface area contributed by atoms with E-state index in [4.69, 9.17) is 16.3 Å². The zero-order chi connectivity index (χ0) is 24.7. The summed E-state index contributed by atoms with van der Waals surface area (Å²) in [6.45, 7) is 0.566. The normalized spacial score (nSPS) is 12.7. The van der Waals surface area contributed by atoms with Gasteiger partial charge in [0.2, 0.25) is 5.56 Å². The van der Waals surface area contributed by atoms with E-state index in [1.165, 1.54) is 29.9 Å². The second-order valence-corrected chi connectivity index (χ2v) is 8.24. The molecule has 0 saturated heterocycles. The van der Waals surface area contributed by atoms with E-state index in [0.717, 1.165) is 0 Å². The molecule has 1 heterocycles. The first kappa shape index (κ1) is 25.3. The largest absolute Gasteiger partial charge is 0.383 e. The molecule has 34 heavy (non-hydrogen) atoms. The Morgan fingerprint density at radius 1 is 1.18 bits per heavy atom. The van der Waals surface area contributed by atoms with Gasteiger partial charge in [-0.15, -0.1) is 0 Å². The summed E-state index contributed by atoms with van der Waals surface area (Å²) in [6, 6.07) is 13.6. The van der Waals surface area contributed by atoms with E-state index in [0.29, 0.717) is 28.3 Å². The minimum absolute atomic E-state index is 0.0964. The lowest BCUT2D eigenvalue weighted by atomic mass is 9.84. The first-order chi connectivity index (χ1) is 16.3. The van der Waals surface area contributed by atoms with Crippen molar-refractivity contribution in [3.8, 4) is 0 Å². The Labute approximate surface area is 201 Å². The van der Waals surface area contributed by atoms with Crippen molar-refractivity contribution in [2.75, 3.05) is 20.3 Å². The predicted molar refractivity (Wildman–Crippen MR) is 129 cm³/mol. The summed E-state index contributed by atoms with van der Waals surface area (Å²) < 4.78 is 21.2. The van der Waals surface area contributed by atoms with Crippen LogP contribution in [0, 0.1) is 10.7 Å². The Kier molecular flexibility index (Phi) is 8.67. The van der Waals surface area contributed by atoms with Crippen LogP contribution in [0.1, 0.15) is 45.4 Å². The summed E-state index contributed by atoms with van der Waals surface area (Å²) in [5, 5.41) is 6.33. The number of aromatic nitrogens is 1. The number of benzene rings is 2. The molecule has 9 heteroatoms. The lowest BCUT2D eigenvalue weighted by Gasteiger charge is -2.22. The number of aryl methyl sites for hydroxylation is 1. The van der Waals surface area contributed by atoms with Crippen molar-refractivity contribution in [1.29, 1.82) is 0 Å². The van der Waals surface area contributed by atoms with Crippen LogP contribution in [-0.2, 0) is 11.8 Å². The number of nitrogens with zero attached hydrogens (tertiary/aromatic N) is 2. The van der Waals surface area contributed by atoms with Gasteiger partial charge in [0.1, 0.15) is 11.9 Å². The van der Waals surface area contributed by atoms with Gasteiger partial charge in [0.25, 0.3) is 5.91 Å². The number of nitrogens with one attached hydrogen (secondary N) is 1. The average Bonchev–Trinajstić information content (AvgIpc) is 2.82. The summed E-state index contributed by atoms with van der Waals surface area (Å²) >= 11 is 6.46. The predicted octanol–water partition coefficient (Wildman–Crippen LogP) is 4.58.